The van der Waals surface area contributed by atoms with E-state index in [9.17, 15) is 9.59 Å². The molecule has 2 aliphatic rings. The van der Waals surface area contributed by atoms with Crippen LogP contribution in [0.1, 0.15) is 46.0 Å². The number of piperazine rings is 1. The zero-order valence-electron chi connectivity index (χ0n) is 13.8. The molecule has 2 fully saturated rings. The van der Waals surface area contributed by atoms with E-state index < -0.39 is 0 Å². The lowest BCUT2D eigenvalue weighted by atomic mass is 9.84. The Bertz CT molecular complexity index is 397. The highest BCUT2D eigenvalue weighted by Crippen LogP contribution is 2.33. The Balaban J connectivity index is 2.12. The van der Waals surface area contributed by atoms with E-state index in [0.29, 0.717) is 13.0 Å². The van der Waals surface area contributed by atoms with E-state index in [-0.39, 0.29) is 29.9 Å². The second kappa shape index (κ2) is 6.77. The van der Waals surface area contributed by atoms with Crippen molar-refractivity contribution in [1.29, 1.82) is 0 Å². The molecule has 1 saturated heterocycles. The lowest BCUT2D eigenvalue weighted by molar-refractivity contribution is -0.153. The summed E-state index contributed by atoms with van der Waals surface area (Å²) in [6.07, 6.45) is 4.97. The van der Waals surface area contributed by atoms with Gasteiger partial charge in [-0.3, -0.25) is 9.59 Å². The minimum atomic E-state index is 0.130. The van der Waals surface area contributed by atoms with Gasteiger partial charge in [-0.1, -0.05) is 12.8 Å². The molecule has 0 radical (unpaired) electrons. The molecule has 2 amide bonds. The lowest BCUT2D eigenvalue weighted by Gasteiger charge is -2.52. The first kappa shape index (κ1) is 16.3. The molecule has 0 bridgehead atoms. The van der Waals surface area contributed by atoms with Gasteiger partial charge in [0, 0.05) is 32.5 Å². The van der Waals surface area contributed by atoms with Crippen molar-refractivity contribution >= 4 is 11.8 Å². The molecule has 1 saturated carbocycles. The highest BCUT2D eigenvalue weighted by molar-refractivity contribution is 5.78. The number of carbonyl (C=O) groups is 2. The number of nitrogens with zero attached hydrogens (tertiary/aromatic N) is 3. The second-order valence-electron chi connectivity index (χ2n) is 6.79. The monoisotopic (exact) mass is 295 g/mol. The first-order valence-corrected chi connectivity index (χ1v) is 8.15. The number of fused-ring (bicyclic) bond motifs is 1. The second-order valence-corrected chi connectivity index (χ2v) is 6.79. The van der Waals surface area contributed by atoms with Crippen LogP contribution in [0.5, 0.6) is 0 Å². The summed E-state index contributed by atoms with van der Waals surface area (Å²) in [6, 6.07) is 0.585. The quantitative estimate of drug-likeness (QED) is 0.789. The minimum Gasteiger partial charge on any atom is -0.336 e. The Kier molecular flexibility index (Phi) is 5.25. The lowest BCUT2D eigenvalue weighted by Crippen LogP contribution is -2.66. The third-order valence-electron chi connectivity index (χ3n) is 4.84. The molecule has 120 valence electrons. The Morgan fingerprint density at radius 3 is 2.33 bits per heavy atom. The largest absolute Gasteiger partial charge is 0.336 e. The van der Waals surface area contributed by atoms with Gasteiger partial charge in [-0.05, 0) is 33.9 Å². The SMILES string of the molecule is CC(=O)N1C2CCCCC2N(C(=O)CCN(C)C)C[C@@H]1C. The maximum atomic E-state index is 12.6. The molecule has 1 aliphatic carbocycles. The van der Waals surface area contributed by atoms with Crippen molar-refractivity contribution in [2.24, 2.45) is 0 Å². The summed E-state index contributed by atoms with van der Waals surface area (Å²) in [7, 11) is 3.99. The van der Waals surface area contributed by atoms with Crippen LogP contribution in [-0.4, -0.2) is 71.8 Å². The molecule has 0 N–H and O–H groups in total. The van der Waals surface area contributed by atoms with Gasteiger partial charge in [-0.2, -0.15) is 0 Å². The first-order chi connectivity index (χ1) is 9.91. The average Bonchev–Trinajstić information content (AvgIpc) is 2.43. The van der Waals surface area contributed by atoms with Gasteiger partial charge in [0.2, 0.25) is 11.8 Å². The number of hydrogen-bond acceptors (Lipinski definition) is 3. The molecule has 5 heteroatoms. The van der Waals surface area contributed by atoms with E-state index >= 15 is 0 Å². The van der Waals surface area contributed by atoms with Crippen LogP contribution < -0.4 is 0 Å². The van der Waals surface area contributed by atoms with Crippen molar-refractivity contribution in [3.05, 3.63) is 0 Å². The van der Waals surface area contributed by atoms with E-state index in [2.05, 4.69) is 11.8 Å². The number of carbonyl (C=O) groups excluding carboxylic acids is 2. The van der Waals surface area contributed by atoms with Crippen LogP contribution in [0.15, 0.2) is 0 Å². The van der Waals surface area contributed by atoms with Crippen LogP contribution in [-0.2, 0) is 9.59 Å². The molecule has 0 aromatic heterocycles. The van der Waals surface area contributed by atoms with Crippen LogP contribution in [0.2, 0.25) is 0 Å². The predicted octanol–water partition coefficient (Wildman–Crippen LogP) is 1.33. The van der Waals surface area contributed by atoms with Gasteiger partial charge in [0.25, 0.3) is 0 Å². The van der Waals surface area contributed by atoms with Crippen molar-refractivity contribution in [2.45, 2.75) is 64.1 Å². The Morgan fingerprint density at radius 1 is 1.14 bits per heavy atom. The van der Waals surface area contributed by atoms with Gasteiger partial charge < -0.3 is 14.7 Å². The van der Waals surface area contributed by atoms with E-state index in [0.717, 1.165) is 25.8 Å². The molecule has 1 heterocycles. The van der Waals surface area contributed by atoms with E-state index in [1.165, 1.54) is 6.42 Å². The third-order valence-corrected chi connectivity index (χ3v) is 4.84. The van der Waals surface area contributed by atoms with Gasteiger partial charge in [0.1, 0.15) is 0 Å². The van der Waals surface area contributed by atoms with Crippen LogP contribution in [0, 0.1) is 0 Å². The summed E-state index contributed by atoms with van der Waals surface area (Å²) in [5, 5.41) is 0. The highest BCUT2D eigenvalue weighted by atomic mass is 16.2. The number of amides is 2. The zero-order chi connectivity index (χ0) is 15.6. The molecule has 2 rings (SSSR count). The van der Waals surface area contributed by atoms with Gasteiger partial charge in [-0.25, -0.2) is 0 Å². The molecule has 0 aromatic rings. The zero-order valence-corrected chi connectivity index (χ0v) is 13.8. The maximum Gasteiger partial charge on any atom is 0.224 e. The average molecular weight is 295 g/mol. The Hall–Kier alpha value is -1.10. The van der Waals surface area contributed by atoms with Crippen molar-refractivity contribution in [1.82, 2.24) is 14.7 Å². The van der Waals surface area contributed by atoms with Gasteiger partial charge in [0.05, 0.1) is 12.1 Å². The summed E-state index contributed by atoms with van der Waals surface area (Å²) in [5.41, 5.74) is 0. The molecule has 0 aromatic carbocycles. The van der Waals surface area contributed by atoms with Crippen molar-refractivity contribution in [2.75, 3.05) is 27.2 Å². The molecule has 5 nitrogen and oxygen atoms in total. The van der Waals surface area contributed by atoms with Gasteiger partial charge in [0.15, 0.2) is 0 Å². The van der Waals surface area contributed by atoms with Crippen LogP contribution in [0.4, 0.5) is 0 Å². The molecular weight excluding hydrogens is 266 g/mol. The molecular formula is C16H29N3O2. The standard InChI is InChI=1S/C16H29N3O2/c1-12-11-18(16(21)9-10-17(3)4)14-7-5-6-8-15(14)19(12)13(2)20/h12,14-15H,5-11H2,1-4H3/t12-,14?,15?/m0/s1. The Morgan fingerprint density at radius 2 is 1.76 bits per heavy atom. The fraction of sp³-hybridized carbons (Fsp3) is 0.875. The Labute approximate surface area is 128 Å². The normalized spacial score (nSPS) is 29.5. The first-order valence-electron chi connectivity index (χ1n) is 8.15. The summed E-state index contributed by atoms with van der Waals surface area (Å²) in [6.45, 7) is 5.20. The fourth-order valence-corrected chi connectivity index (χ4v) is 3.91. The minimum absolute atomic E-state index is 0.130. The molecule has 1 aliphatic heterocycles. The summed E-state index contributed by atoms with van der Waals surface area (Å²) in [5.74, 6) is 0.399. The van der Waals surface area contributed by atoms with E-state index in [1.54, 1.807) is 6.92 Å². The van der Waals surface area contributed by atoms with Crippen LogP contribution in [0.25, 0.3) is 0 Å². The number of rotatable bonds is 3. The molecule has 0 spiro atoms. The molecule has 3 atom stereocenters. The van der Waals surface area contributed by atoms with E-state index in [1.807, 2.05) is 23.9 Å². The number of hydrogen-bond donors (Lipinski definition) is 0. The highest BCUT2D eigenvalue weighted by Gasteiger charge is 2.43. The summed E-state index contributed by atoms with van der Waals surface area (Å²) < 4.78 is 0. The summed E-state index contributed by atoms with van der Waals surface area (Å²) >= 11 is 0. The smallest absolute Gasteiger partial charge is 0.224 e. The predicted molar refractivity (Wildman–Crippen MR) is 82.9 cm³/mol. The van der Waals surface area contributed by atoms with E-state index in [4.69, 9.17) is 0 Å². The van der Waals surface area contributed by atoms with Crippen molar-refractivity contribution in [3.63, 3.8) is 0 Å². The molecule has 21 heavy (non-hydrogen) atoms. The third kappa shape index (κ3) is 3.57. The van der Waals surface area contributed by atoms with Crippen LogP contribution in [0.3, 0.4) is 0 Å². The topological polar surface area (TPSA) is 43.9 Å². The maximum absolute atomic E-state index is 12.6. The van der Waals surface area contributed by atoms with Crippen molar-refractivity contribution < 1.29 is 9.59 Å². The van der Waals surface area contributed by atoms with Crippen LogP contribution >= 0.6 is 0 Å². The van der Waals surface area contributed by atoms with Gasteiger partial charge in [-0.15, -0.1) is 0 Å². The van der Waals surface area contributed by atoms with Crippen molar-refractivity contribution in [3.8, 4) is 0 Å². The fourth-order valence-electron chi connectivity index (χ4n) is 3.91. The van der Waals surface area contributed by atoms with Gasteiger partial charge >= 0.3 is 0 Å². The molecule has 2 unspecified atom stereocenters. The summed E-state index contributed by atoms with van der Waals surface area (Å²) in [4.78, 5) is 30.7.